The van der Waals surface area contributed by atoms with Gasteiger partial charge in [0.1, 0.15) is 17.6 Å². The highest BCUT2D eigenvalue weighted by Crippen LogP contribution is 2.28. The van der Waals surface area contributed by atoms with E-state index in [9.17, 15) is 4.79 Å². The monoisotopic (exact) mass is 304 g/mol. The van der Waals surface area contributed by atoms with Crippen molar-refractivity contribution in [2.75, 3.05) is 11.9 Å². The maximum absolute atomic E-state index is 11.3. The molecule has 0 radical (unpaired) electrons. The summed E-state index contributed by atoms with van der Waals surface area (Å²) < 4.78 is 0.882. The quantitative estimate of drug-likeness (QED) is 0.923. The average molecular weight is 305 g/mol. The van der Waals surface area contributed by atoms with Gasteiger partial charge in [0.25, 0.3) is 0 Å². The zero-order valence-corrected chi connectivity index (χ0v) is 11.1. The van der Waals surface area contributed by atoms with Crippen LogP contribution in [0.3, 0.4) is 0 Å². The fourth-order valence-corrected chi connectivity index (χ4v) is 2.07. The van der Waals surface area contributed by atoms with E-state index < -0.39 is 5.69 Å². The third-order valence-corrected chi connectivity index (χ3v) is 3.08. The van der Waals surface area contributed by atoms with Gasteiger partial charge in [0.15, 0.2) is 0 Å². The lowest BCUT2D eigenvalue weighted by molar-refractivity contribution is 1.01. The summed E-state index contributed by atoms with van der Waals surface area (Å²) in [6, 6.07) is 11.0. The van der Waals surface area contributed by atoms with Gasteiger partial charge in [-0.05, 0) is 28.1 Å². The molecule has 0 spiro atoms. The maximum atomic E-state index is 11.3. The minimum atomic E-state index is -0.539. The summed E-state index contributed by atoms with van der Waals surface area (Å²) in [5.41, 5.74) is 0.506. The Hall–Kier alpha value is -2.13. The van der Waals surface area contributed by atoms with E-state index in [1.54, 1.807) is 11.9 Å². The summed E-state index contributed by atoms with van der Waals surface area (Å²) in [6.07, 6.45) is 0. The second-order valence-electron chi connectivity index (χ2n) is 3.58. The Bertz CT molecular complexity index is 674. The number of halogens is 1. The van der Waals surface area contributed by atoms with Crippen molar-refractivity contribution in [3.8, 4) is 6.07 Å². The van der Waals surface area contributed by atoms with Crippen molar-refractivity contribution in [1.29, 1.82) is 5.26 Å². The van der Waals surface area contributed by atoms with Crippen LogP contribution in [-0.4, -0.2) is 17.0 Å². The highest BCUT2D eigenvalue weighted by Gasteiger charge is 2.10. The van der Waals surface area contributed by atoms with Gasteiger partial charge in [-0.3, -0.25) is 4.98 Å². The summed E-state index contributed by atoms with van der Waals surface area (Å²) in [5, 5.41) is 8.82. The molecule has 0 saturated carbocycles. The molecule has 1 N–H and O–H groups in total. The standard InChI is InChI=1S/C12H9BrN4O/c1-17(10-5-3-2-4-9(10)13)11-6-8(7-14)15-12(18)16-11/h2-6H,1H3,(H,15,16,18). The van der Waals surface area contributed by atoms with Gasteiger partial charge in [-0.25, -0.2) is 4.79 Å². The zero-order valence-electron chi connectivity index (χ0n) is 9.51. The third kappa shape index (κ3) is 2.41. The highest BCUT2D eigenvalue weighted by atomic mass is 79.9. The van der Waals surface area contributed by atoms with E-state index in [1.807, 2.05) is 30.3 Å². The van der Waals surface area contributed by atoms with Crippen molar-refractivity contribution < 1.29 is 0 Å². The van der Waals surface area contributed by atoms with Crippen LogP contribution < -0.4 is 10.6 Å². The number of hydrogen-bond acceptors (Lipinski definition) is 4. The number of nitrogens with zero attached hydrogens (tertiary/aromatic N) is 3. The molecule has 1 heterocycles. The van der Waals surface area contributed by atoms with E-state index in [1.165, 1.54) is 6.07 Å². The number of rotatable bonds is 2. The molecule has 0 atom stereocenters. The number of para-hydroxylation sites is 1. The lowest BCUT2D eigenvalue weighted by atomic mass is 10.3. The highest BCUT2D eigenvalue weighted by molar-refractivity contribution is 9.10. The first-order valence-corrected chi connectivity index (χ1v) is 5.91. The Morgan fingerprint density at radius 2 is 2.17 bits per heavy atom. The molecule has 2 aromatic rings. The predicted molar refractivity (Wildman–Crippen MR) is 71.8 cm³/mol. The lowest BCUT2D eigenvalue weighted by Crippen LogP contribution is -2.19. The summed E-state index contributed by atoms with van der Waals surface area (Å²) in [6.45, 7) is 0. The number of hydrogen-bond donors (Lipinski definition) is 1. The van der Waals surface area contributed by atoms with Crippen LogP contribution in [-0.2, 0) is 0 Å². The van der Waals surface area contributed by atoms with Crippen LogP contribution in [0.15, 0.2) is 39.6 Å². The fourth-order valence-electron chi connectivity index (χ4n) is 1.52. The Kier molecular flexibility index (Phi) is 3.44. The summed E-state index contributed by atoms with van der Waals surface area (Å²) in [4.78, 5) is 19.3. The molecule has 0 unspecified atom stereocenters. The number of anilines is 2. The van der Waals surface area contributed by atoms with E-state index in [0.717, 1.165) is 10.2 Å². The van der Waals surface area contributed by atoms with Crippen LogP contribution in [0.25, 0.3) is 0 Å². The van der Waals surface area contributed by atoms with Gasteiger partial charge in [-0.15, -0.1) is 0 Å². The second-order valence-corrected chi connectivity index (χ2v) is 4.43. The molecule has 0 aliphatic heterocycles. The zero-order chi connectivity index (χ0) is 13.1. The largest absolute Gasteiger partial charge is 0.347 e. The summed E-state index contributed by atoms with van der Waals surface area (Å²) >= 11 is 3.43. The van der Waals surface area contributed by atoms with Crippen LogP contribution in [0.1, 0.15) is 5.69 Å². The average Bonchev–Trinajstić information content (AvgIpc) is 2.37. The first-order chi connectivity index (χ1) is 8.61. The molecule has 0 saturated heterocycles. The molecule has 90 valence electrons. The molecule has 1 aromatic carbocycles. The molecular formula is C12H9BrN4O. The van der Waals surface area contributed by atoms with E-state index >= 15 is 0 Å². The van der Waals surface area contributed by atoms with Gasteiger partial charge >= 0.3 is 5.69 Å². The molecule has 6 heteroatoms. The molecule has 5 nitrogen and oxygen atoms in total. The topological polar surface area (TPSA) is 72.8 Å². The fraction of sp³-hybridized carbons (Fsp3) is 0.0833. The lowest BCUT2D eigenvalue weighted by Gasteiger charge is -2.19. The summed E-state index contributed by atoms with van der Waals surface area (Å²) in [5.74, 6) is 0.419. The SMILES string of the molecule is CN(c1cc(C#N)[nH]c(=O)n1)c1ccccc1Br. The van der Waals surface area contributed by atoms with Crippen molar-refractivity contribution in [3.63, 3.8) is 0 Å². The summed E-state index contributed by atoms with van der Waals surface area (Å²) in [7, 11) is 1.78. The molecule has 0 aliphatic rings. The van der Waals surface area contributed by atoms with Crippen LogP contribution in [0, 0.1) is 11.3 Å². The van der Waals surface area contributed by atoms with Crippen LogP contribution in [0.4, 0.5) is 11.5 Å². The molecule has 0 amide bonds. The smallest absolute Gasteiger partial charge is 0.328 e. The van der Waals surface area contributed by atoms with Gasteiger partial charge < -0.3 is 4.90 Å². The van der Waals surface area contributed by atoms with Gasteiger partial charge in [0, 0.05) is 17.6 Å². The molecule has 18 heavy (non-hydrogen) atoms. The van der Waals surface area contributed by atoms with E-state index in [2.05, 4.69) is 25.9 Å². The van der Waals surface area contributed by atoms with Gasteiger partial charge in [-0.2, -0.15) is 10.2 Å². The van der Waals surface area contributed by atoms with Crippen molar-refractivity contribution in [2.45, 2.75) is 0 Å². The molecule has 0 bridgehead atoms. The van der Waals surface area contributed by atoms with Crippen molar-refractivity contribution in [3.05, 3.63) is 51.0 Å². The van der Waals surface area contributed by atoms with Crippen LogP contribution in [0.5, 0.6) is 0 Å². The van der Waals surface area contributed by atoms with Crippen molar-refractivity contribution >= 4 is 27.4 Å². The van der Waals surface area contributed by atoms with Crippen molar-refractivity contribution in [1.82, 2.24) is 9.97 Å². The van der Waals surface area contributed by atoms with Gasteiger partial charge in [-0.1, -0.05) is 12.1 Å². The molecule has 2 rings (SSSR count). The minimum Gasteiger partial charge on any atom is -0.328 e. The molecule has 0 aliphatic carbocycles. The number of nitriles is 1. The number of aromatic nitrogens is 2. The first kappa shape index (κ1) is 12.3. The van der Waals surface area contributed by atoms with E-state index in [4.69, 9.17) is 5.26 Å². The van der Waals surface area contributed by atoms with E-state index in [0.29, 0.717) is 5.82 Å². The Morgan fingerprint density at radius 1 is 1.44 bits per heavy atom. The third-order valence-electron chi connectivity index (χ3n) is 2.41. The maximum Gasteiger partial charge on any atom is 0.347 e. The first-order valence-electron chi connectivity index (χ1n) is 5.11. The number of aromatic amines is 1. The minimum absolute atomic E-state index is 0.184. The predicted octanol–water partition coefficient (Wildman–Crippen LogP) is 2.17. The normalized spacial score (nSPS) is 9.83. The molecular weight excluding hydrogens is 296 g/mol. The Morgan fingerprint density at radius 3 is 2.83 bits per heavy atom. The van der Waals surface area contributed by atoms with Crippen molar-refractivity contribution in [2.24, 2.45) is 0 Å². The van der Waals surface area contributed by atoms with Gasteiger partial charge in [0.05, 0.1) is 5.69 Å². The molecule has 1 aromatic heterocycles. The molecule has 0 fully saturated rings. The Labute approximate surface area is 112 Å². The number of nitrogens with one attached hydrogen (secondary N) is 1. The number of benzene rings is 1. The van der Waals surface area contributed by atoms with Crippen LogP contribution in [0.2, 0.25) is 0 Å². The Balaban J connectivity index is 2.50. The van der Waals surface area contributed by atoms with E-state index in [-0.39, 0.29) is 5.69 Å². The number of H-pyrrole nitrogens is 1. The second kappa shape index (κ2) is 5.02. The van der Waals surface area contributed by atoms with Gasteiger partial charge in [0.2, 0.25) is 0 Å². The van der Waals surface area contributed by atoms with Crippen LogP contribution >= 0.6 is 15.9 Å².